The quantitative estimate of drug-likeness (QED) is 0.633. The fraction of sp³-hybridized carbons (Fsp3) is 0.0952. The SMILES string of the molecule is C=CCN(Cc1ccc(C#N)cc1)C(=O)c1ccc(-c2cnco2)cc1. The highest BCUT2D eigenvalue weighted by atomic mass is 16.3. The van der Waals surface area contributed by atoms with Crippen LogP contribution in [0.3, 0.4) is 0 Å². The van der Waals surface area contributed by atoms with Crippen molar-refractivity contribution in [1.82, 2.24) is 9.88 Å². The molecule has 0 aliphatic carbocycles. The van der Waals surface area contributed by atoms with E-state index in [-0.39, 0.29) is 5.91 Å². The number of hydrogen-bond acceptors (Lipinski definition) is 4. The zero-order chi connectivity index (χ0) is 18.4. The van der Waals surface area contributed by atoms with Gasteiger partial charge in [-0.2, -0.15) is 5.26 Å². The molecule has 0 aliphatic heterocycles. The number of benzene rings is 2. The molecular formula is C21H17N3O2. The summed E-state index contributed by atoms with van der Waals surface area (Å²) in [7, 11) is 0. The van der Waals surface area contributed by atoms with E-state index in [2.05, 4.69) is 17.6 Å². The largest absolute Gasteiger partial charge is 0.444 e. The molecular weight excluding hydrogens is 326 g/mol. The molecule has 0 bridgehead atoms. The average molecular weight is 343 g/mol. The van der Waals surface area contributed by atoms with E-state index in [0.29, 0.717) is 30.0 Å². The van der Waals surface area contributed by atoms with E-state index in [4.69, 9.17) is 9.68 Å². The summed E-state index contributed by atoms with van der Waals surface area (Å²) in [6, 6.07) is 16.5. The molecule has 0 spiro atoms. The third kappa shape index (κ3) is 3.87. The first-order chi connectivity index (χ1) is 12.7. The summed E-state index contributed by atoms with van der Waals surface area (Å²) in [4.78, 5) is 18.5. The Labute approximate surface area is 151 Å². The molecule has 0 fully saturated rings. The number of hydrogen-bond donors (Lipinski definition) is 0. The van der Waals surface area contributed by atoms with Crippen LogP contribution in [0.5, 0.6) is 0 Å². The summed E-state index contributed by atoms with van der Waals surface area (Å²) >= 11 is 0. The van der Waals surface area contributed by atoms with E-state index < -0.39 is 0 Å². The third-order valence-electron chi connectivity index (χ3n) is 3.94. The number of nitrogens with zero attached hydrogens (tertiary/aromatic N) is 3. The normalized spacial score (nSPS) is 10.1. The van der Waals surface area contributed by atoms with Gasteiger partial charge < -0.3 is 9.32 Å². The Bertz CT molecular complexity index is 921. The topological polar surface area (TPSA) is 70.1 Å². The molecule has 0 N–H and O–H groups in total. The Morgan fingerprint density at radius 3 is 2.50 bits per heavy atom. The van der Waals surface area contributed by atoms with Gasteiger partial charge >= 0.3 is 0 Å². The van der Waals surface area contributed by atoms with Gasteiger partial charge in [0.2, 0.25) is 0 Å². The minimum absolute atomic E-state index is 0.0848. The van der Waals surface area contributed by atoms with Crippen molar-refractivity contribution in [1.29, 1.82) is 5.26 Å². The number of nitriles is 1. The first-order valence-corrected chi connectivity index (χ1v) is 8.09. The number of carbonyl (C=O) groups is 1. The van der Waals surface area contributed by atoms with Crippen LogP contribution in [0.2, 0.25) is 0 Å². The Morgan fingerprint density at radius 2 is 1.92 bits per heavy atom. The molecule has 3 rings (SSSR count). The van der Waals surface area contributed by atoms with Crippen molar-refractivity contribution in [2.75, 3.05) is 6.54 Å². The van der Waals surface area contributed by atoms with E-state index in [0.717, 1.165) is 11.1 Å². The van der Waals surface area contributed by atoms with Gasteiger partial charge in [-0.25, -0.2) is 4.98 Å². The van der Waals surface area contributed by atoms with Gasteiger partial charge in [-0.3, -0.25) is 4.79 Å². The van der Waals surface area contributed by atoms with Gasteiger partial charge in [-0.1, -0.05) is 30.3 Å². The highest BCUT2D eigenvalue weighted by Crippen LogP contribution is 2.20. The summed E-state index contributed by atoms with van der Waals surface area (Å²) in [6.45, 7) is 4.62. The number of oxazole rings is 1. The van der Waals surface area contributed by atoms with Crippen molar-refractivity contribution in [3.63, 3.8) is 0 Å². The molecule has 1 aromatic heterocycles. The van der Waals surface area contributed by atoms with Crippen LogP contribution in [0, 0.1) is 11.3 Å². The summed E-state index contributed by atoms with van der Waals surface area (Å²) < 4.78 is 5.26. The van der Waals surface area contributed by atoms with Crippen molar-refractivity contribution in [3.8, 4) is 17.4 Å². The lowest BCUT2D eigenvalue weighted by atomic mass is 10.1. The Kier molecular flexibility index (Phi) is 5.25. The zero-order valence-electron chi connectivity index (χ0n) is 14.1. The zero-order valence-corrected chi connectivity index (χ0v) is 14.1. The van der Waals surface area contributed by atoms with Crippen molar-refractivity contribution >= 4 is 5.91 Å². The van der Waals surface area contributed by atoms with Gasteiger partial charge in [-0.05, 0) is 29.8 Å². The van der Waals surface area contributed by atoms with Crippen LogP contribution in [-0.4, -0.2) is 22.3 Å². The van der Waals surface area contributed by atoms with Crippen LogP contribution < -0.4 is 0 Å². The smallest absolute Gasteiger partial charge is 0.254 e. The Morgan fingerprint density at radius 1 is 1.19 bits per heavy atom. The number of aromatic nitrogens is 1. The average Bonchev–Trinajstić information content (AvgIpc) is 3.22. The fourth-order valence-corrected chi connectivity index (χ4v) is 2.60. The lowest BCUT2D eigenvalue weighted by Crippen LogP contribution is -2.30. The molecule has 3 aromatic rings. The van der Waals surface area contributed by atoms with Gasteiger partial charge in [0.25, 0.3) is 5.91 Å². The molecule has 2 aromatic carbocycles. The standard InChI is InChI=1S/C21H17N3O2/c1-2-11-24(14-17-5-3-16(12-22)4-6-17)21(25)19-9-7-18(8-10-19)20-13-23-15-26-20/h2-10,13,15H,1,11,14H2. The first kappa shape index (κ1) is 17.2. The van der Waals surface area contributed by atoms with E-state index in [9.17, 15) is 4.79 Å². The minimum atomic E-state index is -0.0848. The van der Waals surface area contributed by atoms with Gasteiger partial charge in [0.15, 0.2) is 12.2 Å². The van der Waals surface area contributed by atoms with Crippen LogP contribution in [0.1, 0.15) is 21.5 Å². The fourth-order valence-electron chi connectivity index (χ4n) is 2.60. The van der Waals surface area contributed by atoms with Crippen LogP contribution in [-0.2, 0) is 6.54 Å². The lowest BCUT2D eigenvalue weighted by Gasteiger charge is -2.21. The number of rotatable bonds is 6. The molecule has 0 saturated heterocycles. The summed E-state index contributed by atoms with van der Waals surface area (Å²) in [5.74, 6) is 0.572. The summed E-state index contributed by atoms with van der Waals surface area (Å²) in [5.41, 5.74) is 3.00. The monoisotopic (exact) mass is 343 g/mol. The molecule has 26 heavy (non-hydrogen) atoms. The van der Waals surface area contributed by atoms with E-state index in [1.54, 1.807) is 41.4 Å². The first-order valence-electron chi connectivity index (χ1n) is 8.09. The molecule has 0 saturated carbocycles. The maximum atomic E-state index is 12.9. The van der Waals surface area contributed by atoms with Crippen LogP contribution >= 0.6 is 0 Å². The van der Waals surface area contributed by atoms with Gasteiger partial charge in [0.1, 0.15) is 0 Å². The second kappa shape index (κ2) is 7.95. The van der Waals surface area contributed by atoms with Crippen LogP contribution in [0.4, 0.5) is 0 Å². The molecule has 1 amide bonds. The van der Waals surface area contributed by atoms with Crippen LogP contribution in [0.15, 0.2) is 78.2 Å². The molecule has 0 radical (unpaired) electrons. The van der Waals surface area contributed by atoms with Crippen molar-refractivity contribution in [2.24, 2.45) is 0 Å². The van der Waals surface area contributed by atoms with E-state index in [1.165, 1.54) is 6.39 Å². The van der Waals surface area contributed by atoms with Crippen molar-refractivity contribution < 1.29 is 9.21 Å². The van der Waals surface area contributed by atoms with Gasteiger partial charge in [-0.15, -0.1) is 6.58 Å². The molecule has 1 heterocycles. The molecule has 0 unspecified atom stereocenters. The number of carbonyl (C=O) groups excluding carboxylic acids is 1. The minimum Gasteiger partial charge on any atom is -0.444 e. The molecule has 128 valence electrons. The predicted octanol–water partition coefficient (Wildman–Crippen LogP) is 4.04. The molecule has 0 atom stereocenters. The summed E-state index contributed by atoms with van der Waals surface area (Å²) in [6.07, 6.45) is 4.70. The van der Waals surface area contributed by atoms with Gasteiger partial charge in [0, 0.05) is 24.2 Å². The number of amides is 1. The van der Waals surface area contributed by atoms with Crippen molar-refractivity contribution in [3.05, 3.63) is 90.5 Å². The second-order valence-electron chi connectivity index (χ2n) is 5.73. The van der Waals surface area contributed by atoms with Crippen LogP contribution in [0.25, 0.3) is 11.3 Å². The Hall–Kier alpha value is -3.65. The maximum absolute atomic E-state index is 12.9. The third-order valence-corrected chi connectivity index (χ3v) is 3.94. The van der Waals surface area contributed by atoms with Crippen molar-refractivity contribution in [2.45, 2.75) is 6.54 Å². The second-order valence-corrected chi connectivity index (χ2v) is 5.73. The lowest BCUT2D eigenvalue weighted by molar-refractivity contribution is 0.0762. The highest BCUT2D eigenvalue weighted by molar-refractivity contribution is 5.94. The van der Waals surface area contributed by atoms with Gasteiger partial charge in [0.05, 0.1) is 17.8 Å². The van der Waals surface area contributed by atoms with E-state index >= 15 is 0 Å². The summed E-state index contributed by atoms with van der Waals surface area (Å²) in [5, 5.41) is 8.88. The molecule has 0 aliphatic rings. The Balaban J connectivity index is 1.77. The molecule has 5 heteroatoms. The highest BCUT2D eigenvalue weighted by Gasteiger charge is 2.15. The molecule has 5 nitrogen and oxygen atoms in total. The predicted molar refractivity (Wildman–Crippen MR) is 98.0 cm³/mol. The maximum Gasteiger partial charge on any atom is 0.254 e. The van der Waals surface area contributed by atoms with E-state index in [1.807, 2.05) is 24.3 Å².